The first kappa shape index (κ1) is 20.8. The van der Waals surface area contributed by atoms with E-state index in [-0.39, 0.29) is 10.6 Å². The SMILES string of the molecule is COc1cc2c(cc1F)C(C(C)C(=O)O)=C(C)C2=Cc1ccc(S(C)(=O)=O)cc1. The van der Waals surface area contributed by atoms with E-state index in [4.69, 9.17) is 4.74 Å². The lowest BCUT2D eigenvalue weighted by Gasteiger charge is -2.12. The Balaban J connectivity index is 2.20. The third-order valence-electron chi connectivity index (χ3n) is 5.10. The van der Waals surface area contributed by atoms with Crippen molar-refractivity contribution in [3.63, 3.8) is 0 Å². The first-order valence-corrected chi connectivity index (χ1v) is 10.8. The van der Waals surface area contributed by atoms with E-state index in [0.29, 0.717) is 16.7 Å². The zero-order valence-corrected chi connectivity index (χ0v) is 17.3. The van der Waals surface area contributed by atoms with Crippen molar-refractivity contribution < 1.29 is 27.4 Å². The molecule has 2 aromatic rings. The van der Waals surface area contributed by atoms with Crippen LogP contribution in [0.2, 0.25) is 0 Å². The van der Waals surface area contributed by atoms with Gasteiger partial charge in [0, 0.05) is 6.26 Å². The standard InChI is InChI=1S/C22H21FO5S/c1-12-16(9-14-5-7-15(8-6-14)29(4,26)27)17-11-20(28-3)19(23)10-18(17)21(12)13(2)22(24)25/h5-11,13H,1-4H3,(H,24,25). The summed E-state index contributed by atoms with van der Waals surface area (Å²) in [7, 11) is -1.93. The fourth-order valence-electron chi connectivity index (χ4n) is 3.55. The van der Waals surface area contributed by atoms with E-state index in [2.05, 4.69) is 0 Å². The molecule has 0 saturated heterocycles. The lowest BCUT2D eigenvalue weighted by molar-refractivity contribution is -0.139. The number of allylic oxidation sites excluding steroid dienone is 2. The van der Waals surface area contributed by atoms with Gasteiger partial charge < -0.3 is 9.84 Å². The summed E-state index contributed by atoms with van der Waals surface area (Å²) in [6, 6.07) is 9.25. The van der Waals surface area contributed by atoms with Gasteiger partial charge in [-0.1, -0.05) is 12.1 Å². The van der Waals surface area contributed by atoms with Gasteiger partial charge in [0.25, 0.3) is 0 Å². The maximum atomic E-state index is 14.3. The molecule has 1 aliphatic carbocycles. The number of methoxy groups -OCH3 is 1. The molecule has 0 aliphatic heterocycles. The largest absolute Gasteiger partial charge is 0.494 e. The lowest BCUT2D eigenvalue weighted by atomic mass is 9.93. The van der Waals surface area contributed by atoms with Crippen LogP contribution in [-0.2, 0) is 14.6 Å². The molecule has 0 amide bonds. The monoisotopic (exact) mass is 416 g/mol. The predicted octanol–water partition coefficient (Wildman–Crippen LogP) is 4.29. The molecule has 0 spiro atoms. The van der Waals surface area contributed by atoms with E-state index in [1.54, 1.807) is 32.0 Å². The molecule has 0 fully saturated rings. The van der Waals surface area contributed by atoms with Crippen LogP contribution in [0.3, 0.4) is 0 Å². The highest BCUT2D eigenvalue weighted by Gasteiger charge is 2.31. The van der Waals surface area contributed by atoms with E-state index >= 15 is 0 Å². The van der Waals surface area contributed by atoms with E-state index in [9.17, 15) is 22.7 Å². The summed E-state index contributed by atoms with van der Waals surface area (Å²) < 4.78 is 42.8. The number of hydrogen-bond donors (Lipinski definition) is 1. The molecule has 152 valence electrons. The van der Waals surface area contributed by atoms with Crippen molar-refractivity contribution in [2.45, 2.75) is 18.7 Å². The molecule has 1 N–H and O–H groups in total. The number of carbonyl (C=O) groups is 1. The van der Waals surface area contributed by atoms with Crippen LogP contribution in [0.15, 0.2) is 46.9 Å². The Bertz CT molecular complexity index is 1160. The van der Waals surface area contributed by atoms with Crippen molar-refractivity contribution in [1.82, 2.24) is 0 Å². The van der Waals surface area contributed by atoms with Gasteiger partial charge >= 0.3 is 5.97 Å². The number of carboxylic acids is 1. The van der Waals surface area contributed by atoms with E-state index in [0.717, 1.165) is 23.0 Å². The minimum Gasteiger partial charge on any atom is -0.494 e. The zero-order valence-electron chi connectivity index (χ0n) is 16.5. The minimum absolute atomic E-state index is 0.0686. The molecule has 0 heterocycles. The molecular weight excluding hydrogens is 395 g/mol. The third kappa shape index (κ3) is 3.82. The molecule has 1 unspecified atom stereocenters. The zero-order chi connectivity index (χ0) is 21.5. The van der Waals surface area contributed by atoms with Crippen LogP contribution < -0.4 is 4.74 Å². The van der Waals surface area contributed by atoms with Gasteiger partial charge in [0.15, 0.2) is 21.4 Å². The van der Waals surface area contributed by atoms with E-state index in [1.807, 2.05) is 6.08 Å². The van der Waals surface area contributed by atoms with E-state index in [1.165, 1.54) is 25.3 Å². The first-order valence-electron chi connectivity index (χ1n) is 8.88. The van der Waals surface area contributed by atoms with Gasteiger partial charge in [0.1, 0.15) is 0 Å². The van der Waals surface area contributed by atoms with Gasteiger partial charge in [0.2, 0.25) is 0 Å². The average Bonchev–Trinajstić information content (AvgIpc) is 2.91. The molecule has 0 bridgehead atoms. The Labute approximate surface area is 169 Å². The number of benzene rings is 2. The highest BCUT2D eigenvalue weighted by molar-refractivity contribution is 7.90. The maximum Gasteiger partial charge on any atom is 0.310 e. The third-order valence-corrected chi connectivity index (χ3v) is 6.23. The second kappa shape index (κ2) is 7.48. The molecular formula is C22H21FO5S. The average molecular weight is 416 g/mol. The van der Waals surface area contributed by atoms with Crippen LogP contribution in [0.1, 0.15) is 30.5 Å². The highest BCUT2D eigenvalue weighted by atomic mass is 32.2. The molecule has 3 rings (SSSR count). The van der Waals surface area contributed by atoms with Crippen LogP contribution in [0.4, 0.5) is 4.39 Å². The summed E-state index contributed by atoms with van der Waals surface area (Å²) in [4.78, 5) is 11.8. The fraction of sp³-hybridized carbons (Fsp3) is 0.227. The van der Waals surface area contributed by atoms with Crippen molar-refractivity contribution in [3.05, 3.63) is 64.5 Å². The molecule has 0 aromatic heterocycles. The Hall–Kier alpha value is -2.93. The normalized spacial score (nSPS) is 16.1. The van der Waals surface area contributed by atoms with Gasteiger partial charge in [-0.2, -0.15) is 0 Å². The first-order chi connectivity index (χ1) is 13.5. The predicted molar refractivity (Wildman–Crippen MR) is 110 cm³/mol. The van der Waals surface area contributed by atoms with Crippen molar-refractivity contribution in [3.8, 4) is 5.75 Å². The summed E-state index contributed by atoms with van der Waals surface area (Å²) in [5.41, 5.74) is 3.97. The van der Waals surface area contributed by atoms with Crippen molar-refractivity contribution in [2.75, 3.05) is 13.4 Å². The van der Waals surface area contributed by atoms with Crippen molar-refractivity contribution in [1.29, 1.82) is 0 Å². The van der Waals surface area contributed by atoms with Gasteiger partial charge in [-0.05, 0) is 77.6 Å². The number of carboxylic acid groups (broad SMARTS) is 1. The van der Waals surface area contributed by atoms with Gasteiger partial charge in [-0.15, -0.1) is 0 Å². The molecule has 1 aliphatic rings. The Morgan fingerprint density at radius 3 is 2.31 bits per heavy atom. The fourth-order valence-corrected chi connectivity index (χ4v) is 4.18. The smallest absolute Gasteiger partial charge is 0.310 e. The topological polar surface area (TPSA) is 80.7 Å². The second-order valence-corrected chi connectivity index (χ2v) is 9.05. The summed E-state index contributed by atoms with van der Waals surface area (Å²) in [5.74, 6) is -2.31. The van der Waals surface area contributed by atoms with Crippen LogP contribution in [0.5, 0.6) is 5.75 Å². The van der Waals surface area contributed by atoms with Crippen molar-refractivity contribution in [2.24, 2.45) is 5.92 Å². The summed E-state index contributed by atoms with van der Waals surface area (Å²) in [5, 5.41) is 9.51. The number of aliphatic carboxylic acids is 1. The van der Waals surface area contributed by atoms with E-state index < -0.39 is 27.5 Å². The molecule has 1 atom stereocenters. The Morgan fingerprint density at radius 2 is 1.79 bits per heavy atom. The Kier molecular flexibility index (Phi) is 5.36. The number of rotatable bonds is 5. The van der Waals surface area contributed by atoms with Crippen LogP contribution in [0.25, 0.3) is 17.2 Å². The molecule has 7 heteroatoms. The summed E-state index contributed by atoms with van der Waals surface area (Å²) >= 11 is 0. The van der Waals surface area contributed by atoms with Crippen LogP contribution in [0, 0.1) is 11.7 Å². The summed E-state index contributed by atoms with van der Waals surface area (Å²) in [6.07, 6.45) is 2.97. The van der Waals surface area contributed by atoms with Gasteiger partial charge in [-0.3, -0.25) is 4.79 Å². The van der Waals surface area contributed by atoms with Crippen LogP contribution in [-0.4, -0.2) is 32.9 Å². The van der Waals surface area contributed by atoms with Crippen LogP contribution >= 0.6 is 0 Å². The number of ether oxygens (including phenoxy) is 1. The molecule has 29 heavy (non-hydrogen) atoms. The molecule has 2 aromatic carbocycles. The van der Waals surface area contributed by atoms with Crippen molar-refractivity contribution >= 4 is 33.0 Å². The number of sulfone groups is 1. The quantitative estimate of drug-likeness (QED) is 0.787. The van der Waals surface area contributed by atoms with Gasteiger partial charge in [0.05, 0.1) is 17.9 Å². The lowest BCUT2D eigenvalue weighted by Crippen LogP contribution is -2.11. The number of hydrogen-bond acceptors (Lipinski definition) is 4. The molecule has 0 radical (unpaired) electrons. The number of fused-ring (bicyclic) bond motifs is 1. The maximum absolute atomic E-state index is 14.3. The number of halogens is 1. The summed E-state index contributed by atoms with van der Waals surface area (Å²) in [6.45, 7) is 3.37. The van der Waals surface area contributed by atoms with Gasteiger partial charge in [-0.25, -0.2) is 12.8 Å². The molecule has 0 saturated carbocycles. The Morgan fingerprint density at radius 1 is 1.17 bits per heavy atom. The minimum atomic E-state index is -3.30. The molecule has 5 nitrogen and oxygen atoms in total. The second-order valence-electron chi connectivity index (χ2n) is 7.03. The highest BCUT2D eigenvalue weighted by Crippen LogP contribution is 2.47.